The fourth-order valence-corrected chi connectivity index (χ4v) is 2.70. The summed E-state index contributed by atoms with van der Waals surface area (Å²) < 4.78 is 0. The summed E-state index contributed by atoms with van der Waals surface area (Å²) >= 11 is 1.66. The molecule has 0 radical (unpaired) electrons. The van der Waals surface area contributed by atoms with Crippen LogP contribution in [-0.2, 0) is 9.59 Å². The number of benzene rings is 1. The number of carbonyl (C=O) groups is 3. The van der Waals surface area contributed by atoms with Crippen molar-refractivity contribution in [3.05, 3.63) is 29.8 Å². The quantitative estimate of drug-likeness (QED) is 0.614. The van der Waals surface area contributed by atoms with Crippen molar-refractivity contribution in [3.63, 3.8) is 0 Å². The van der Waals surface area contributed by atoms with Crippen LogP contribution in [0.2, 0.25) is 0 Å². The minimum Gasteiger partial charge on any atom is -0.480 e. The van der Waals surface area contributed by atoms with Gasteiger partial charge in [0.1, 0.15) is 6.54 Å². The number of aliphatic carboxylic acids is 1. The molecule has 1 unspecified atom stereocenters. The summed E-state index contributed by atoms with van der Waals surface area (Å²) in [5.41, 5.74) is 0.928. The number of carbonyl (C=O) groups excluding carboxylic acids is 2. The van der Waals surface area contributed by atoms with Crippen molar-refractivity contribution in [1.29, 1.82) is 0 Å². The lowest BCUT2D eigenvalue weighted by Crippen LogP contribution is -2.37. The van der Waals surface area contributed by atoms with Crippen LogP contribution in [0.25, 0.3) is 0 Å². The Bertz CT molecular complexity index is 541. The third-order valence-corrected chi connectivity index (χ3v) is 3.79. The number of nitrogens with one attached hydrogen (secondary N) is 3. The van der Waals surface area contributed by atoms with Gasteiger partial charge < -0.3 is 15.7 Å². The number of rotatable bonds is 5. The van der Waals surface area contributed by atoms with Crippen LogP contribution in [0.3, 0.4) is 0 Å². The standard InChI is InChI=1S/C13H15N3O4S/c17-11(18)5-14-12(19)8-1-3-9(4-2-8)16-13(20)10-6-21-7-15-10/h1-4,10,15H,5-7H2,(H,14,19)(H,16,20)(H,17,18). The van der Waals surface area contributed by atoms with E-state index in [9.17, 15) is 14.4 Å². The molecular weight excluding hydrogens is 294 g/mol. The van der Waals surface area contributed by atoms with Crippen molar-refractivity contribution >= 4 is 35.2 Å². The fourth-order valence-electron chi connectivity index (χ4n) is 1.76. The van der Waals surface area contributed by atoms with E-state index in [1.807, 2.05) is 0 Å². The van der Waals surface area contributed by atoms with Gasteiger partial charge in [0.25, 0.3) is 5.91 Å². The molecular formula is C13H15N3O4S. The van der Waals surface area contributed by atoms with Crippen LogP contribution in [0.5, 0.6) is 0 Å². The van der Waals surface area contributed by atoms with Gasteiger partial charge in [-0.15, -0.1) is 11.8 Å². The van der Waals surface area contributed by atoms with Crippen molar-refractivity contribution < 1.29 is 19.5 Å². The lowest BCUT2D eigenvalue weighted by molar-refractivity contribution is -0.135. The molecule has 0 spiro atoms. The van der Waals surface area contributed by atoms with E-state index in [0.717, 1.165) is 11.6 Å². The van der Waals surface area contributed by atoms with E-state index in [4.69, 9.17) is 5.11 Å². The van der Waals surface area contributed by atoms with E-state index in [0.29, 0.717) is 11.3 Å². The Hall–Kier alpha value is -2.06. The van der Waals surface area contributed by atoms with E-state index in [1.54, 1.807) is 23.9 Å². The minimum atomic E-state index is -1.10. The van der Waals surface area contributed by atoms with Gasteiger partial charge in [0.2, 0.25) is 5.91 Å². The molecule has 0 aromatic heterocycles. The lowest BCUT2D eigenvalue weighted by Gasteiger charge is -2.10. The number of hydrogen-bond donors (Lipinski definition) is 4. The molecule has 1 aromatic carbocycles. The van der Waals surface area contributed by atoms with Crippen molar-refractivity contribution in [2.45, 2.75) is 6.04 Å². The summed E-state index contributed by atoms with van der Waals surface area (Å²) in [7, 11) is 0. The van der Waals surface area contributed by atoms with Gasteiger partial charge in [0, 0.05) is 22.9 Å². The van der Waals surface area contributed by atoms with Gasteiger partial charge in [-0.3, -0.25) is 19.7 Å². The zero-order valence-electron chi connectivity index (χ0n) is 11.1. The Kier molecular flexibility index (Phi) is 5.18. The Morgan fingerprint density at radius 2 is 2.00 bits per heavy atom. The maximum Gasteiger partial charge on any atom is 0.322 e. The zero-order valence-corrected chi connectivity index (χ0v) is 11.9. The molecule has 1 atom stereocenters. The van der Waals surface area contributed by atoms with Gasteiger partial charge in [-0.05, 0) is 24.3 Å². The summed E-state index contributed by atoms with van der Waals surface area (Å²) in [6.07, 6.45) is 0. The van der Waals surface area contributed by atoms with Crippen molar-refractivity contribution in [3.8, 4) is 0 Å². The number of hydrogen-bond acceptors (Lipinski definition) is 5. The molecule has 21 heavy (non-hydrogen) atoms. The molecule has 2 rings (SSSR count). The van der Waals surface area contributed by atoms with Crippen LogP contribution in [0.15, 0.2) is 24.3 Å². The molecule has 1 fully saturated rings. The third-order valence-electron chi connectivity index (χ3n) is 2.85. The SMILES string of the molecule is O=C(O)CNC(=O)c1ccc(NC(=O)C2CSCN2)cc1. The van der Waals surface area contributed by atoms with E-state index in [2.05, 4.69) is 16.0 Å². The topological polar surface area (TPSA) is 108 Å². The first-order chi connectivity index (χ1) is 10.1. The summed E-state index contributed by atoms with van der Waals surface area (Å²) in [6.45, 7) is -0.428. The van der Waals surface area contributed by atoms with Gasteiger partial charge in [-0.25, -0.2) is 0 Å². The number of carboxylic acids is 1. The fraction of sp³-hybridized carbons (Fsp3) is 0.308. The van der Waals surface area contributed by atoms with Crippen molar-refractivity contribution in [1.82, 2.24) is 10.6 Å². The zero-order chi connectivity index (χ0) is 15.2. The van der Waals surface area contributed by atoms with Crippen molar-refractivity contribution in [2.24, 2.45) is 0 Å². The Morgan fingerprint density at radius 1 is 1.29 bits per heavy atom. The highest BCUT2D eigenvalue weighted by Gasteiger charge is 2.22. The first-order valence-electron chi connectivity index (χ1n) is 6.28. The molecule has 1 aliphatic rings. The molecule has 1 aromatic rings. The molecule has 7 nitrogen and oxygen atoms in total. The van der Waals surface area contributed by atoms with Crippen LogP contribution in [0, 0.1) is 0 Å². The molecule has 1 aliphatic heterocycles. The number of thioether (sulfide) groups is 1. The molecule has 1 heterocycles. The van der Waals surface area contributed by atoms with Gasteiger partial charge >= 0.3 is 5.97 Å². The van der Waals surface area contributed by atoms with Gasteiger partial charge in [-0.1, -0.05) is 0 Å². The molecule has 0 aliphatic carbocycles. The minimum absolute atomic E-state index is 0.108. The van der Waals surface area contributed by atoms with Gasteiger partial charge in [-0.2, -0.15) is 0 Å². The van der Waals surface area contributed by atoms with Crippen molar-refractivity contribution in [2.75, 3.05) is 23.5 Å². The lowest BCUT2D eigenvalue weighted by atomic mass is 10.2. The molecule has 0 saturated carbocycles. The number of anilines is 1. The predicted molar refractivity (Wildman–Crippen MR) is 79.3 cm³/mol. The maximum absolute atomic E-state index is 11.9. The van der Waals surface area contributed by atoms with Gasteiger partial charge in [0.05, 0.1) is 6.04 Å². The predicted octanol–water partition coefficient (Wildman–Crippen LogP) is 0.102. The smallest absolute Gasteiger partial charge is 0.322 e. The average molecular weight is 309 g/mol. The summed E-state index contributed by atoms with van der Waals surface area (Å²) in [4.78, 5) is 33.9. The second-order valence-corrected chi connectivity index (χ2v) is 5.45. The normalized spacial score (nSPS) is 17.2. The van der Waals surface area contributed by atoms with Crippen LogP contribution in [0.1, 0.15) is 10.4 Å². The highest BCUT2D eigenvalue weighted by atomic mass is 32.2. The van der Waals surface area contributed by atoms with Gasteiger partial charge in [0.15, 0.2) is 0 Å². The Labute approximate surface area is 125 Å². The monoisotopic (exact) mass is 309 g/mol. The summed E-state index contributed by atoms with van der Waals surface area (Å²) in [6, 6.07) is 6.08. The number of carboxylic acid groups (broad SMARTS) is 1. The Morgan fingerprint density at radius 3 is 2.57 bits per heavy atom. The molecule has 0 bridgehead atoms. The number of amides is 2. The molecule has 2 amide bonds. The highest BCUT2D eigenvalue weighted by Crippen LogP contribution is 2.13. The van der Waals surface area contributed by atoms with Crippen LogP contribution in [-0.4, -0.2) is 47.1 Å². The summed E-state index contributed by atoms with van der Waals surface area (Å²) in [5.74, 6) is -0.177. The third kappa shape index (κ3) is 4.47. The maximum atomic E-state index is 11.9. The summed E-state index contributed by atoms with van der Waals surface area (Å²) in [5, 5.41) is 16.6. The van der Waals surface area contributed by atoms with E-state index in [-0.39, 0.29) is 11.9 Å². The second kappa shape index (κ2) is 7.09. The van der Waals surface area contributed by atoms with E-state index in [1.165, 1.54) is 12.1 Å². The molecule has 1 saturated heterocycles. The van der Waals surface area contributed by atoms with E-state index >= 15 is 0 Å². The first-order valence-corrected chi connectivity index (χ1v) is 7.44. The van der Waals surface area contributed by atoms with E-state index < -0.39 is 18.4 Å². The average Bonchev–Trinajstić information content (AvgIpc) is 3.00. The highest BCUT2D eigenvalue weighted by molar-refractivity contribution is 7.99. The first kappa shape index (κ1) is 15.3. The molecule has 112 valence electrons. The Balaban J connectivity index is 1.90. The second-order valence-electron chi connectivity index (χ2n) is 4.41. The largest absolute Gasteiger partial charge is 0.480 e. The van der Waals surface area contributed by atoms with Crippen LogP contribution >= 0.6 is 11.8 Å². The van der Waals surface area contributed by atoms with Crippen LogP contribution in [0.4, 0.5) is 5.69 Å². The molecule has 8 heteroatoms. The van der Waals surface area contributed by atoms with Crippen LogP contribution < -0.4 is 16.0 Å². The molecule has 4 N–H and O–H groups in total.